The zero-order valence-electron chi connectivity index (χ0n) is 10.6. The van der Waals surface area contributed by atoms with Crippen LogP contribution in [0.2, 0.25) is 0 Å². The summed E-state index contributed by atoms with van der Waals surface area (Å²) in [6.45, 7) is 2.62. The minimum atomic E-state index is -1.16. The lowest BCUT2D eigenvalue weighted by Gasteiger charge is -2.14. The first-order chi connectivity index (χ1) is 9.00. The second kappa shape index (κ2) is 5.26. The molecule has 19 heavy (non-hydrogen) atoms. The van der Waals surface area contributed by atoms with E-state index in [1.807, 2.05) is 0 Å². The van der Waals surface area contributed by atoms with Crippen molar-refractivity contribution in [2.75, 3.05) is 11.9 Å². The standard InChI is InChI=1S/C13H16N2O4/c1-8(9-5-6-9)7-14-12-10(13(16)17)3-2-4-11(12)15(18)19/h2-4,8-9,14H,5-7H2,1H3,(H,16,17). The number of aromatic carboxylic acids is 1. The molecule has 1 atom stereocenters. The topological polar surface area (TPSA) is 92.5 Å². The predicted molar refractivity (Wildman–Crippen MR) is 70.4 cm³/mol. The Hall–Kier alpha value is -2.11. The first kappa shape index (κ1) is 13.3. The molecule has 1 aromatic rings. The average Bonchev–Trinajstić information content (AvgIpc) is 3.19. The first-order valence-corrected chi connectivity index (χ1v) is 6.25. The molecule has 0 aliphatic heterocycles. The quantitative estimate of drug-likeness (QED) is 0.608. The van der Waals surface area contributed by atoms with Gasteiger partial charge >= 0.3 is 5.97 Å². The molecule has 0 aromatic heterocycles. The van der Waals surface area contributed by atoms with Gasteiger partial charge in [0.2, 0.25) is 0 Å². The van der Waals surface area contributed by atoms with Gasteiger partial charge in [-0.3, -0.25) is 10.1 Å². The molecule has 0 spiro atoms. The number of rotatable bonds is 6. The highest BCUT2D eigenvalue weighted by Crippen LogP contribution is 2.37. The van der Waals surface area contributed by atoms with Gasteiger partial charge in [-0.05, 0) is 30.7 Å². The van der Waals surface area contributed by atoms with E-state index >= 15 is 0 Å². The number of nitro groups is 1. The third kappa shape index (κ3) is 3.01. The largest absolute Gasteiger partial charge is 0.478 e. The molecule has 0 radical (unpaired) electrons. The molecule has 2 rings (SSSR count). The van der Waals surface area contributed by atoms with Crippen LogP contribution in [0.25, 0.3) is 0 Å². The Morgan fingerprint density at radius 1 is 1.58 bits per heavy atom. The Balaban J connectivity index is 2.23. The Morgan fingerprint density at radius 3 is 2.79 bits per heavy atom. The average molecular weight is 264 g/mol. The van der Waals surface area contributed by atoms with Crippen LogP contribution in [0.15, 0.2) is 18.2 Å². The van der Waals surface area contributed by atoms with Crippen molar-refractivity contribution < 1.29 is 14.8 Å². The van der Waals surface area contributed by atoms with Crippen LogP contribution >= 0.6 is 0 Å². The Kier molecular flexibility index (Phi) is 3.69. The molecule has 0 bridgehead atoms. The summed E-state index contributed by atoms with van der Waals surface area (Å²) in [5, 5.41) is 23.0. The second-order valence-electron chi connectivity index (χ2n) is 4.96. The van der Waals surface area contributed by atoms with Crippen LogP contribution in [0.1, 0.15) is 30.1 Å². The van der Waals surface area contributed by atoms with Crippen LogP contribution in [0.5, 0.6) is 0 Å². The molecule has 0 amide bonds. The van der Waals surface area contributed by atoms with Crippen molar-refractivity contribution in [1.29, 1.82) is 0 Å². The van der Waals surface area contributed by atoms with Crippen molar-refractivity contribution in [3.63, 3.8) is 0 Å². The summed E-state index contributed by atoms with van der Waals surface area (Å²) in [7, 11) is 0. The highest BCUT2D eigenvalue weighted by Gasteiger charge is 2.29. The molecule has 0 saturated heterocycles. The fraction of sp³-hybridized carbons (Fsp3) is 0.462. The molecule has 6 heteroatoms. The molecule has 1 aliphatic rings. The van der Waals surface area contributed by atoms with Gasteiger partial charge in [0.25, 0.3) is 5.69 Å². The van der Waals surface area contributed by atoms with E-state index in [-0.39, 0.29) is 16.9 Å². The maximum Gasteiger partial charge on any atom is 0.338 e. The summed E-state index contributed by atoms with van der Waals surface area (Å²) >= 11 is 0. The van der Waals surface area contributed by atoms with Gasteiger partial charge in [-0.15, -0.1) is 0 Å². The number of carboxylic acids is 1. The number of nitrogens with one attached hydrogen (secondary N) is 1. The molecule has 0 heterocycles. The fourth-order valence-corrected chi connectivity index (χ4v) is 2.15. The number of benzene rings is 1. The highest BCUT2D eigenvalue weighted by molar-refractivity contribution is 5.96. The summed E-state index contributed by atoms with van der Waals surface area (Å²) < 4.78 is 0. The SMILES string of the molecule is CC(CNc1c(C(=O)O)cccc1[N+](=O)[O-])C1CC1. The summed E-state index contributed by atoms with van der Waals surface area (Å²) in [6.07, 6.45) is 2.37. The number of hydrogen-bond donors (Lipinski definition) is 2. The van der Waals surface area contributed by atoms with Gasteiger partial charge in [0, 0.05) is 12.6 Å². The van der Waals surface area contributed by atoms with E-state index < -0.39 is 10.9 Å². The van der Waals surface area contributed by atoms with E-state index in [0.717, 1.165) is 0 Å². The van der Waals surface area contributed by atoms with Crippen LogP contribution in [0, 0.1) is 22.0 Å². The van der Waals surface area contributed by atoms with Gasteiger partial charge in [-0.25, -0.2) is 4.79 Å². The molecule has 1 saturated carbocycles. The number of carboxylic acid groups (broad SMARTS) is 1. The first-order valence-electron chi connectivity index (χ1n) is 6.25. The van der Waals surface area contributed by atoms with E-state index in [1.165, 1.54) is 31.0 Å². The number of carbonyl (C=O) groups is 1. The molecule has 2 N–H and O–H groups in total. The lowest BCUT2D eigenvalue weighted by Crippen LogP contribution is -2.16. The van der Waals surface area contributed by atoms with Crippen molar-refractivity contribution in [2.45, 2.75) is 19.8 Å². The molecular weight excluding hydrogens is 248 g/mol. The van der Waals surface area contributed by atoms with Crippen LogP contribution in [0.4, 0.5) is 11.4 Å². The fourth-order valence-electron chi connectivity index (χ4n) is 2.15. The van der Waals surface area contributed by atoms with Crippen LogP contribution in [-0.2, 0) is 0 Å². The molecule has 1 aromatic carbocycles. The molecule has 6 nitrogen and oxygen atoms in total. The van der Waals surface area contributed by atoms with Crippen molar-refractivity contribution in [3.05, 3.63) is 33.9 Å². The van der Waals surface area contributed by atoms with E-state index in [4.69, 9.17) is 5.11 Å². The highest BCUT2D eigenvalue weighted by atomic mass is 16.6. The Bertz CT molecular complexity index is 479. The maximum absolute atomic E-state index is 11.1. The van der Waals surface area contributed by atoms with Crippen LogP contribution in [-0.4, -0.2) is 22.5 Å². The van der Waals surface area contributed by atoms with Crippen molar-refractivity contribution >= 4 is 17.3 Å². The summed E-state index contributed by atoms with van der Waals surface area (Å²) in [6, 6.07) is 4.08. The van der Waals surface area contributed by atoms with Gasteiger partial charge in [0.05, 0.1) is 10.5 Å². The smallest absolute Gasteiger partial charge is 0.338 e. The third-order valence-corrected chi connectivity index (χ3v) is 3.50. The van der Waals surface area contributed by atoms with Gasteiger partial charge in [-0.2, -0.15) is 0 Å². The molecular formula is C13H16N2O4. The molecule has 1 unspecified atom stereocenters. The Labute approximate surface area is 110 Å². The van der Waals surface area contributed by atoms with Crippen molar-refractivity contribution in [3.8, 4) is 0 Å². The summed E-state index contributed by atoms with van der Waals surface area (Å²) in [4.78, 5) is 21.5. The normalized spacial score (nSPS) is 15.8. The van der Waals surface area contributed by atoms with E-state index in [2.05, 4.69) is 12.2 Å². The summed E-state index contributed by atoms with van der Waals surface area (Å²) in [5.74, 6) is -0.115. The van der Waals surface area contributed by atoms with Crippen molar-refractivity contribution in [2.24, 2.45) is 11.8 Å². The molecule has 1 aliphatic carbocycles. The number of hydrogen-bond acceptors (Lipinski definition) is 4. The van der Waals surface area contributed by atoms with E-state index in [9.17, 15) is 14.9 Å². The Morgan fingerprint density at radius 2 is 2.26 bits per heavy atom. The second-order valence-corrected chi connectivity index (χ2v) is 4.96. The van der Waals surface area contributed by atoms with Crippen molar-refractivity contribution in [1.82, 2.24) is 0 Å². The molecule has 1 fully saturated rings. The van der Waals surface area contributed by atoms with Gasteiger partial charge in [0.1, 0.15) is 5.69 Å². The molecule has 102 valence electrons. The van der Waals surface area contributed by atoms with E-state index in [0.29, 0.717) is 18.4 Å². The minimum Gasteiger partial charge on any atom is -0.478 e. The van der Waals surface area contributed by atoms with Gasteiger partial charge in [0.15, 0.2) is 0 Å². The van der Waals surface area contributed by atoms with Crippen LogP contribution < -0.4 is 5.32 Å². The maximum atomic E-state index is 11.1. The van der Waals surface area contributed by atoms with Gasteiger partial charge in [-0.1, -0.05) is 13.0 Å². The zero-order valence-corrected chi connectivity index (χ0v) is 10.6. The van der Waals surface area contributed by atoms with Gasteiger partial charge < -0.3 is 10.4 Å². The number of nitro benzene ring substituents is 1. The monoisotopic (exact) mass is 264 g/mol. The number of anilines is 1. The lowest BCUT2D eigenvalue weighted by molar-refractivity contribution is -0.384. The predicted octanol–water partition coefficient (Wildman–Crippen LogP) is 2.75. The lowest BCUT2D eigenvalue weighted by atomic mass is 10.1. The van der Waals surface area contributed by atoms with Crippen LogP contribution in [0.3, 0.4) is 0 Å². The minimum absolute atomic E-state index is 0.0582. The zero-order chi connectivity index (χ0) is 14.0. The third-order valence-electron chi connectivity index (χ3n) is 3.50. The number of nitrogens with zero attached hydrogens (tertiary/aromatic N) is 1. The number of para-hydroxylation sites is 1. The van der Waals surface area contributed by atoms with E-state index in [1.54, 1.807) is 0 Å². The summed E-state index contributed by atoms with van der Waals surface area (Å²) in [5.41, 5.74) is -0.146.